The first-order chi connectivity index (χ1) is 8.50. The van der Waals surface area contributed by atoms with Crippen molar-refractivity contribution in [3.8, 4) is 0 Å². The summed E-state index contributed by atoms with van der Waals surface area (Å²) in [5, 5.41) is 17.3. The van der Waals surface area contributed by atoms with Gasteiger partial charge in [0.1, 0.15) is 11.7 Å². The zero-order chi connectivity index (χ0) is 13.3. The highest BCUT2D eigenvalue weighted by Crippen LogP contribution is 2.28. The Kier molecular flexibility index (Phi) is 3.52. The number of rotatable bonds is 3. The molecule has 1 aromatic rings. The number of pyridine rings is 1. The molecule has 0 amide bonds. The number of nitrogens with zero attached hydrogens (tertiary/aromatic N) is 2. The average Bonchev–Trinajstić information content (AvgIpc) is 2.77. The number of nitrogens with one attached hydrogen (secondary N) is 1. The Morgan fingerprint density at radius 2 is 2.39 bits per heavy atom. The molecule has 0 spiro atoms. The summed E-state index contributed by atoms with van der Waals surface area (Å²) in [6, 6.07) is 1.86. The second kappa shape index (κ2) is 4.94. The predicted octanol–water partition coefficient (Wildman–Crippen LogP) is 0.881. The molecular weight excluding hydrogens is 228 g/mol. The van der Waals surface area contributed by atoms with Crippen LogP contribution in [0.2, 0.25) is 0 Å². The summed E-state index contributed by atoms with van der Waals surface area (Å²) in [6.45, 7) is 5.38. The van der Waals surface area contributed by atoms with Crippen LogP contribution in [0.3, 0.4) is 0 Å². The minimum absolute atomic E-state index is 0.0519. The van der Waals surface area contributed by atoms with E-state index in [0.717, 1.165) is 30.9 Å². The highest BCUT2D eigenvalue weighted by atomic mass is 16.3. The lowest BCUT2D eigenvalue weighted by Crippen LogP contribution is -2.28. The molecule has 98 valence electrons. The third-order valence-corrected chi connectivity index (χ3v) is 3.62. The number of nitrogen functional groups attached to an aromatic ring is 1. The predicted molar refractivity (Wildman–Crippen MR) is 72.0 cm³/mol. The van der Waals surface area contributed by atoms with Gasteiger partial charge in [-0.1, -0.05) is 0 Å². The summed E-state index contributed by atoms with van der Waals surface area (Å²) in [6.07, 6.45) is 2.39. The normalized spacial score (nSPS) is 21.1. The molecule has 4 N–H and O–H groups in total. The fourth-order valence-corrected chi connectivity index (χ4v) is 2.49. The fourth-order valence-electron chi connectivity index (χ4n) is 2.49. The number of anilines is 1. The van der Waals surface area contributed by atoms with Gasteiger partial charge in [0.25, 0.3) is 0 Å². The van der Waals surface area contributed by atoms with Gasteiger partial charge in [0.05, 0.1) is 11.7 Å². The molecule has 0 aliphatic carbocycles. The summed E-state index contributed by atoms with van der Waals surface area (Å²) in [5.41, 5.74) is 7.32. The molecule has 0 aromatic carbocycles. The van der Waals surface area contributed by atoms with Crippen LogP contribution >= 0.6 is 0 Å². The summed E-state index contributed by atoms with van der Waals surface area (Å²) >= 11 is 0. The zero-order valence-corrected chi connectivity index (χ0v) is 10.8. The maximum atomic E-state index is 9.64. The van der Waals surface area contributed by atoms with E-state index in [0.29, 0.717) is 5.56 Å². The standard InChI is InChI=1S/C13H20N4O/c1-8-3-5-16-13(11(8)12(14)15)17-6-4-10(7-17)9(2)18/h3,5,9-10,18H,4,6-7H2,1-2H3,(H3,14,15). The van der Waals surface area contributed by atoms with E-state index in [4.69, 9.17) is 11.1 Å². The van der Waals surface area contributed by atoms with E-state index < -0.39 is 0 Å². The third-order valence-electron chi connectivity index (χ3n) is 3.62. The largest absolute Gasteiger partial charge is 0.393 e. The van der Waals surface area contributed by atoms with Crippen molar-refractivity contribution in [2.45, 2.75) is 26.4 Å². The first-order valence-electron chi connectivity index (χ1n) is 6.23. The molecule has 2 rings (SSSR count). The molecular formula is C13H20N4O. The molecule has 1 aromatic heterocycles. The summed E-state index contributed by atoms with van der Waals surface area (Å²) < 4.78 is 0. The molecule has 2 unspecified atom stereocenters. The summed E-state index contributed by atoms with van der Waals surface area (Å²) in [5.74, 6) is 1.09. The molecule has 0 radical (unpaired) electrons. The number of aliphatic hydroxyl groups excluding tert-OH is 1. The van der Waals surface area contributed by atoms with Crippen LogP contribution < -0.4 is 10.6 Å². The molecule has 0 bridgehead atoms. The minimum Gasteiger partial charge on any atom is -0.393 e. The Morgan fingerprint density at radius 3 is 2.94 bits per heavy atom. The van der Waals surface area contributed by atoms with Crippen molar-refractivity contribution < 1.29 is 5.11 Å². The molecule has 0 saturated carbocycles. The average molecular weight is 248 g/mol. The Bertz CT molecular complexity index is 458. The van der Waals surface area contributed by atoms with Crippen molar-refractivity contribution in [2.75, 3.05) is 18.0 Å². The number of hydrogen-bond donors (Lipinski definition) is 3. The fraction of sp³-hybridized carbons (Fsp3) is 0.538. The van der Waals surface area contributed by atoms with Crippen LogP contribution in [-0.4, -0.2) is 35.1 Å². The summed E-state index contributed by atoms with van der Waals surface area (Å²) in [4.78, 5) is 6.47. The highest BCUT2D eigenvalue weighted by molar-refractivity contribution is 6.01. The van der Waals surface area contributed by atoms with Crippen LogP contribution in [0.5, 0.6) is 0 Å². The van der Waals surface area contributed by atoms with Crippen molar-refractivity contribution >= 4 is 11.7 Å². The quantitative estimate of drug-likeness (QED) is 0.547. The Labute approximate surface area is 107 Å². The van der Waals surface area contributed by atoms with Gasteiger partial charge in [0.15, 0.2) is 0 Å². The molecule has 18 heavy (non-hydrogen) atoms. The van der Waals surface area contributed by atoms with E-state index in [2.05, 4.69) is 9.88 Å². The monoisotopic (exact) mass is 248 g/mol. The van der Waals surface area contributed by atoms with E-state index in [1.54, 1.807) is 6.20 Å². The molecule has 5 nitrogen and oxygen atoms in total. The van der Waals surface area contributed by atoms with E-state index in [-0.39, 0.29) is 17.9 Å². The van der Waals surface area contributed by atoms with Gasteiger partial charge >= 0.3 is 0 Å². The topological polar surface area (TPSA) is 86.2 Å². The number of nitrogens with two attached hydrogens (primary N) is 1. The van der Waals surface area contributed by atoms with Crippen LogP contribution in [0, 0.1) is 18.3 Å². The Balaban J connectivity index is 2.30. The molecule has 1 aliphatic heterocycles. The van der Waals surface area contributed by atoms with Gasteiger partial charge in [-0.05, 0) is 31.9 Å². The minimum atomic E-state index is -0.305. The number of amidine groups is 1. The van der Waals surface area contributed by atoms with Crippen LogP contribution in [-0.2, 0) is 0 Å². The number of aromatic nitrogens is 1. The van der Waals surface area contributed by atoms with E-state index in [1.807, 2.05) is 19.9 Å². The number of hydrogen-bond acceptors (Lipinski definition) is 4. The van der Waals surface area contributed by atoms with Crippen molar-refractivity contribution in [3.63, 3.8) is 0 Å². The van der Waals surface area contributed by atoms with Gasteiger partial charge < -0.3 is 15.7 Å². The molecule has 1 saturated heterocycles. The zero-order valence-electron chi connectivity index (χ0n) is 10.8. The molecule has 1 aliphatic rings. The maximum Gasteiger partial charge on any atom is 0.139 e. The van der Waals surface area contributed by atoms with Crippen molar-refractivity contribution in [1.82, 2.24) is 4.98 Å². The van der Waals surface area contributed by atoms with Crippen molar-refractivity contribution in [3.05, 3.63) is 23.4 Å². The Morgan fingerprint density at radius 1 is 1.67 bits per heavy atom. The summed E-state index contributed by atoms with van der Waals surface area (Å²) in [7, 11) is 0. The second-order valence-corrected chi connectivity index (χ2v) is 4.98. The van der Waals surface area contributed by atoms with E-state index in [9.17, 15) is 5.11 Å². The lowest BCUT2D eigenvalue weighted by molar-refractivity contribution is 0.136. The smallest absolute Gasteiger partial charge is 0.139 e. The first-order valence-corrected chi connectivity index (χ1v) is 6.23. The van der Waals surface area contributed by atoms with Gasteiger partial charge in [0.2, 0.25) is 0 Å². The van der Waals surface area contributed by atoms with Gasteiger partial charge in [-0.25, -0.2) is 4.98 Å². The van der Waals surface area contributed by atoms with Crippen LogP contribution in [0.25, 0.3) is 0 Å². The maximum absolute atomic E-state index is 9.64. The lowest BCUT2D eigenvalue weighted by atomic mass is 10.0. The first kappa shape index (κ1) is 12.8. The van der Waals surface area contributed by atoms with Crippen molar-refractivity contribution in [2.24, 2.45) is 11.7 Å². The SMILES string of the molecule is Cc1ccnc(N2CCC(C(C)O)C2)c1C(=N)N. The van der Waals surface area contributed by atoms with E-state index >= 15 is 0 Å². The van der Waals surface area contributed by atoms with Gasteiger partial charge in [-0.2, -0.15) is 0 Å². The van der Waals surface area contributed by atoms with Crippen LogP contribution in [0.4, 0.5) is 5.82 Å². The molecule has 2 atom stereocenters. The Hall–Kier alpha value is -1.62. The van der Waals surface area contributed by atoms with Crippen LogP contribution in [0.15, 0.2) is 12.3 Å². The third kappa shape index (κ3) is 2.31. The van der Waals surface area contributed by atoms with Crippen LogP contribution in [0.1, 0.15) is 24.5 Å². The molecule has 5 heteroatoms. The van der Waals surface area contributed by atoms with Gasteiger partial charge in [0, 0.05) is 25.2 Å². The van der Waals surface area contributed by atoms with Gasteiger partial charge in [-0.3, -0.25) is 5.41 Å². The van der Waals surface area contributed by atoms with E-state index in [1.165, 1.54) is 0 Å². The van der Waals surface area contributed by atoms with Crippen molar-refractivity contribution in [1.29, 1.82) is 5.41 Å². The number of aryl methyl sites for hydroxylation is 1. The second-order valence-electron chi connectivity index (χ2n) is 4.98. The van der Waals surface area contributed by atoms with Gasteiger partial charge in [-0.15, -0.1) is 0 Å². The lowest BCUT2D eigenvalue weighted by Gasteiger charge is -2.22. The molecule has 2 heterocycles. The number of aliphatic hydroxyl groups is 1. The molecule has 1 fully saturated rings. The highest BCUT2D eigenvalue weighted by Gasteiger charge is 2.28.